The van der Waals surface area contributed by atoms with E-state index in [1.54, 1.807) is 25.3 Å². The number of aromatic nitrogens is 1. The maximum absolute atomic E-state index is 12.9. The van der Waals surface area contributed by atoms with Crippen LogP contribution in [0.4, 0.5) is 0 Å². The zero-order valence-corrected chi connectivity index (χ0v) is 15.5. The number of ether oxygens (including phenoxy) is 3. The Balaban J connectivity index is 2.19. The molecule has 0 amide bonds. The van der Waals surface area contributed by atoms with Crippen molar-refractivity contribution >= 4 is 21.7 Å². The van der Waals surface area contributed by atoms with Crippen LogP contribution in [0.5, 0.6) is 23.0 Å². The number of rotatable bonds is 4. The van der Waals surface area contributed by atoms with Gasteiger partial charge >= 0.3 is 0 Å². The van der Waals surface area contributed by atoms with Crippen LogP contribution in [-0.4, -0.2) is 31.4 Å². The summed E-state index contributed by atoms with van der Waals surface area (Å²) in [6.45, 7) is 0. The number of methoxy groups -OCH3 is 3. The predicted octanol–water partition coefficient (Wildman–Crippen LogP) is 3.74. The van der Waals surface area contributed by atoms with Crippen molar-refractivity contribution in [2.45, 2.75) is 0 Å². The van der Waals surface area contributed by atoms with Crippen molar-refractivity contribution in [3.8, 4) is 34.3 Å². The van der Waals surface area contributed by atoms with Gasteiger partial charge in [-0.2, -0.15) is 0 Å². The Bertz CT molecular complexity index is 1260. The van der Waals surface area contributed by atoms with Gasteiger partial charge in [0, 0.05) is 17.8 Å². The molecule has 0 aliphatic rings. The van der Waals surface area contributed by atoms with Crippen LogP contribution in [0.1, 0.15) is 0 Å². The first-order valence-electron chi connectivity index (χ1n) is 8.41. The Kier molecular flexibility index (Phi) is 4.27. The summed E-state index contributed by atoms with van der Waals surface area (Å²) >= 11 is 0. The molecule has 0 aliphatic carbocycles. The maximum atomic E-state index is 12.9. The lowest BCUT2D eigenvalue weighted by Crippen LogP contribution is -2.03. The molecular formula is C21H17NO6. The van der Waals surface area contributed by atoms with E-state index in [1.165, 1.54) is 38.7 Å². The van der Waals surface area contributed by atoms with Crippen molar-refractivity contribution in [3.05, 3.63) is 52.9 Å². The molecular weight excluding hydrogens is 362 g/mol. The number of aromatic hydroxyl groups is 1. The monoisotopic (exact) mass is 379 g/mol. The number of fused-ring (bicyclic) bond motifs is 3. The van der Waals surface area contributed by atoms with E-state index in [1.807, 2.05) is 0 Å². The molecule has 2 aromatic carbocycles. The number of nitrogens with zero attached hydrogens (tertiary/aromatic N) is 1. The standard InChI is InChI=1S/C21H17NO6/c1-25-15-4-5-16(26-2)20-19(15)18(27-3)7-13-14(24)8-17(28-21(13)20)11-6-12(23)10-22-9-11/h4-10,23H,1-3H3. The lowest BCUT2D eigenvalue weighted by molar-refractivity contribution is 0.400. The van der Waals surface area contributed by atoms with Gasteiger partial charge in [-0.3, -0.25) is 9.78 Å². The highest BCUT2D eigenvalue weighted by Gasteiger charge is 2.20. The van der Waals surface area contributed by atoms with E-state index in [0.29, 0.717) is 44.6 Å². The van der Waals surface area contributed by atoms with Gasteiger partial charge in [0.2, 0.25) is 0 Å². The molecule has 0 spiro atoms. The highest BCUT2D eigenvalue weighted by atomic mass is 16.5. The molecule has 142 valence electrons. The Labute approximate surface area is 159 Å². The van der Waals surface area contributed by atoms with Crippen LogP contribution in [-0.2, 0) is 0 Å². The molecule has 0 bridgehead atoms. The molecule has 2 aromatic heterocycles. The van der Waals surface area contributed by atoms with Gasteiger partial charge < -0.3 is 23.7 Å². The summed E-state index contributed by atoms with van der Waals surface area (Å²) in [5.41, 5.74) is 0.548. The second kappa shape index (κ2) is 6.77. The van der Waals surface area contributed by atoms with Gasteiger partial charge in [0.15, 0.2) is 11.0 Å². The number of pyridine rings is 1. The van der Waals surface area contributed by atoms with Crippen LogP contribution in [0, 0.1) is 0 Å². The zero-order valence-electron chi connectivity index (χ0n) is 15.5. The molecule has 7 heteroatoms. The van der Waals surface area contributed by atoms with Gasteiger partial charge in [-0.25, -0.2) is 0 Å². The second-order valence-electron chi connectivity index (χ2n) is 6.08. The van der Waals surface area contributed by atoms with E-state index in [-0.39, 0.29) is 16.9 Å². The van der Waals surface area contributed by atoms with Gasteiger partial charge in [0.25, 0.3) is 0 Å². The number of hydrogen-bond acceptors (Lipinski definition) is 7. The van der Waals surface area contributed by atoms with E-state index in [2.05, 4.69) is 4.98 Å². The summed E-state index contributed by atoms with van der Waals surface area (Å²) in [7, 11) is 4.61. The molecule has 7 nitrogen and oxygen atoms in total. The van der Waals surface area contributed by atoms with Crippen LogP contribution >= 0.6 is 0 Å². The molecule has 0 aliphatic heterocycles. The molecule has 1 N–H and O–H groups in total. The number of benzene rings is 2. The fourth-order valence-electron chi connectivity index (χ4n) is 3.27. The Morgan fingerprint density at radius 2 is 1.57 bits per heavy atom. The van der Waals surface area contributed by atoms with E-state index in [9.17, 15) is 9.90 Å². The molecule has 0 atom stereocenters. The molecule has 28 heavy (non-hydrogen) atoms. The highest BCUT2D eigenvalue weighted by molar-refractivity contribution is 6.13. The van der Waals surface area contributed by atoms with Crippen LogP contribution in [0.3, 0.4) is 0 Å². The van der Waals surface area contributed by atoms with Gasteiger partial charge in [0.05, 0.1) is 43.7 Å². The SMILES string of the molecule is COc1ccc(OC)c2c1c(OC)cc1c(=O)cc(-c3cncc(O)c3)oc12. The lowest BCUT2D eigenvalue weighted by atomic mass is 10.0. The van der Waals surface area contributed by atoms with E-state index >= 15 is 0 Å². The van der Waals surface area contributed by atoms with Crippen molar-refractivity contribution in [2.75, 3.05) is 21.3 Å². The van der Waals surface area contributed by atoms with E-state index < -0.39 is 0 Å². The molecule has 4 aromatic rings. The molecule has 0 fully saturated rings. The van der Waals surface area contributed by atoms with Crippen molar-refractivity contribution in [1.82, 2.24) is 4.98 Å². The Morgan fingerprint density at radius 1 is 0.893 bits per heavy atom. The van der Waals surface area contributed by atoms with Crippen LogP contribution < -0.4 is 19.6 Å². The summed E-state index contributed by atoms with van der Waals surface area (Å²) in [5.74, 6) is 1.78. The van der Waals surface area contributed by atoms with Gasteiger partial charge in [-0.05, 0) is 24.3 Å². The Morgan fingerprint density at radius 3 is 2.21 bits per heavy atom. The summed E-state index contributed by atoms with van der Waals surface area (Å²) in [4.78, 5) is 16.8. The first kappa shape index (κ1) is 17.7. The zero-order chi connectivity index (χ0) is 19.8. The minimum Gasteiger partial charge on any atom is -0.506 e. The second-order valence-corrected chi connectivity index (χ2v) is 6.08. The quantitative estimate of drug-likeness (QED) is 0.540. The van der Waals surface area contributed by atoms with Gasteiger partial charge in [-0.15, -0.1) is 0 Å². The smallest absolute Gasteiger partial charge is 0.193 e. The topological polar surface area (TPSA) is 91.0 Å². The Hall–Kier alpha value is -3.74. The first-order chi connectivity index (χ1) is 13.6. The number of hydrogen-bond donors (Lipinski definition) is 1. The van der Waals surface area contributed by atoms with Crippen molar-refractivity contribution in [2.24, 2.45) is 0 Å². The van der Waals surface area contributed by atoms with Gasteiger partial charge in [0.1, 0.15) is 28.8 Å². The molecule has 0 saturated heterocycles. The molecule has 0 unspecified atom stereocenters. The molecule has 0 radical (unpaired) electrons. The third kappa shape index (κ3) is 2.68. The summed E-state index contributed by atoms with van der Waals surface area (Å²) < 4.78 is 22.6. The predicted molar refractivity (Wildman–Crippen MR) is 105 cm³/mol. The van der Waals surface area contributed by atoms with Crippen LogP contribution in [0.2, 0.25) is 0 Å². The molecule has 0 saturated carbocycles. The minimum absolute atomic E-state index is 0.0286. The largest absolute Gasteiger partial charge is 0.506 e. The summed E-state index contributed by atoms with van der Waals surface area (Å²) in [6.07, 6.45) is 2.81. The fraction of sp³-hybridized carbons (Fsp3) is 0.143. The third-order valence-corrected chi connectivity index (χ3v) is 4.53. The fourth-order valence-corrected chi connectivity index (χ4v) is 3.27. The lowest BCUT2D eigenvalue weighted by Gasteiger charge is -2.15. The van der Waals surface area contributed by atoms with Crippen molar-refractivity contribution in [3.63, 3.8) is 0 Å². The van der Waals surface area contributed by atoms with E-state index in [4.69, 9.17) is 18.6 Å². The van der Waals surface area contributed by atoms with E-state index in [0.717, 1.165) is 0 Å². The molecule has 2 heterocycles. The first-order valence-corrected chi connectivity index (χ1v) is 8.41. The van der Waals surface area contributed by atoms with Crippen LogP contribution in [0.15, 0.2) is 51.9 Å². The van der Waals surface area contributed by atoms with Gasteiger partial charge in [-0.1, -0.05) is 0 Å². The third-order valence-electron chi connectivity index (χ3n) is 4.53. The van der Waals surface area contributed by atoms with Crippen molar-refractivity contribution < 1.29 is 23.7 Å². The average Bonchev–Trinajstić information content (AvgIpc) is 2.72. The molecule has 4 rings (SSSR count). The maximum Gasteiger partial charge on any atom is 0.193 e. The summed E-state index contributed by atoms with van der Waals surface area (Å²) in [6, 6.07) is 7.95. The van der Waals surface area contributed by atoms with Crippen LogP contribution in [0.25, 0.3) is 33.1 Å². The minimum atomic E-state index is -0.260. The average molecular weight is 379 g/mol. The van der Waals surface area contributed by atoms with Crippen molar-refractivity contribution in [1.29, 1.82) is 0 Å². The normalized spacial score (nSPS) is 11.0. The highest BCUT2D eigenvalue weighted by Crippen LogP contribution is 2.43. The summed E-state index contributed by atoms with van der Waals surface area (Å²) in [5, 5.41) is 11.2.